The number of hydrogen-bond donors (Lipinski definition) is 0. The average Bonchev–Trinajstić information content (AvgIpc) is 2.85. The van der Waals surface area contributed by atoms with Gasteiger partial charge in [0.25, 0.3) is 0 Å². The molecule has 1 aromatic carbocycles. The molecule has 0 aromatic heterocycles. The normalized spacial score (nSPS) is 26.2. The van der Waals surface area contributed by atoms with Crippen molar-refractivity contribution in [1.29, 1.82) is 0 Å². The summed E-state index contributed by atoms with van der Waals surface area (Å²) in [6, 6.07) is 8.81. The van der Waals surface area contributed by atoms with Gasteiger partial charge in [0, 0.05) is 17.3 Å². The van der Waals surface area contributed by atoms with Crippen molar-refractivity contribution in [3.8, 4) is 0 Å². The number of hydrogen-bond acceptors (Lipinski definition) is 2. The molecule has 1 nitrogen and oxygen atoms in total. The Hall–Kier alpha value is -0.990. The van der Waals surface area contributed by atoms with E-state index in [1.54, 1.807) is 0 Å². The van der Waals surface area contributed by atoms with Gasteiger partial charge in [-0.25, -0.2) is 0 Å². The number of benzene rings is 1. The summed E-state index contributed by atoms with van der Waals surface area (Å²) in [5.74, 6) is 0. The molecular formula is C18H24OS. The second kappa shape index (κ2) is 7.14. The zero-order chi connectivity index (χ0) is 14.4. The summed E-state index contributed by atoms with van der Waals surface area (Å²) in [5.41, 5.74) is 1.29. The van der Waals surface area contributed by atoms with Gasteiger partial charge >= 0.3 is 0 Å². The van der Waals surface area contributed by atoms with Crippen molar-refractivity contribution in [3.05, 3.63) is 54.6 Å². The first-order valence-corrected chi connectivity index (χ1v) is 8.14. The topological polar surface area (TPSA) is 9.23 Å². The molecule has 2 heteroatoms. The fourth-order valence-corrected chi connectivity index (χ4v) is 4.30. The van der Waals surface area contributed by atoms with Crippen LogP contribution in [0.4, 0.5) is 0 Å². The maximum atomic E-state index is 5.95. The number of allylic oxidation sites excluding steroid dienone is 2. The second-order valence-corrected chi connectivity index (χ2v) is 6.72. The first-order chi connectivity index (χ1) is 9.70. The third kappa shape index (κ3) is 3.56. The first kappa shape index (κ1) is 15.4. The summed E-state index contributed by atoms with van der Waals surface area (Å²) in [5, 5.41) is 0.532. The van der Waals surface area contributed by atoms with E-state index in [0.29, 0.717) is 5.25 Å². The van der Waals surface area contributed by atoms with Crippen molar-refractivity contribution in [2.24, 2.45) is 0 Å². The number of rotatable bonds is 6. The van der Waals surface area contributed by atoms with Gasteiger partial charge in [-0.1, -0.05) is 42.5 Å². The molecule has 0 spiro atoms. The predicted octanol–water partition coefficient (Wildman–Crippen LogP) is 5.16. The zero-order valence-corrected chi connectivity index (χ0v) is 13.3. The lowest BCUT2D eigenvalue weighted by atomic mass is 9.97. The molecule has 1 fully saturated rings. The third-order valence-electron chi connectivity index (χ3n) is 4.09. The van der Waals surface area contributed by atoms with Gasteiger partial charge in [-0.05, 0) is 44.7 Å². The number of ether oxygens (including phenoxy) is 1. The van der Waals surface area contributed by atoms with Gasteiger partial charge < -0.3 is 4.74 Å². The van der Waals surface area contributed by atoms with Crippen molar-refractivity contribution in [3.63, 3.8) is 0 Å². The molecule has 0 radical (unpaired) electrons. The Labute approximate surface area is 127 Å². The van der Waals surface area contributed by atoms with E-state index in [4.69, 9.17) is 4.74 Å². The summed E-state index contributed by atoms with van der Waals surface area (Å²) in [6.45, 7) is 5.86. The summed E-state index contributed by atoms with van der Waals surface area (Å²) in [7, 11) is 1.86. The number of methoxy groups -OCH3 is 1. The van der Waals surface area contributed by atoms with Gasteiger partial charge in [0.2, 0.25) is 0 Å². The zero-order valence-electron chi connectivity index (χ0n) is 12.5. The van der Waals surface area contributed by atoms with E-state index in [1.165, 1.54) is 23.3 Å². The van der Waals surface area contributed by atoms with Gasteiger partial charge in [0.1, 0.15) is 0 Å². The molecule has 20 heavy (non-hydrogen) atoms. The molecule has 2 rings (SSSR count). The first-order valence-electron chi connectivity index (χ1n) is 7.26. The third-order valence-corrected chi connectivity index (χ3v) is 5.59. The molecular weight excluding hydrogens is 264 g/mol. The molecule has 0 heterocycles. The molecule has 0 amide bonds. The monoisotopic (exact) mass is 288 g/mol. The standard InChI is InChI=1S/C18H24OS/c1-4-5-6-13-18(19-3)14-7-8-17(18)20-16-11-9-15(2)10-12-16/h4-6,9-12,17H,1,7-8,13-14H2,2-3H3/b6-5+/t17-,18+/m0/s1. The molecule has 0 unspecified atom stereocenters. The Morgan fingerprint density at radius 1 is 1.40 bits per heavy atom. The Balaban J connectivity index is 2.09. The smallest absolute Gasteiger partial charge is 0.0834 e. The minimum absolute atomic E-state index is 0.0188. The lowest BCUT2D eigenvalue weighted by Gasteiger charge is -2.33. The van der Waals surface area contributed by atoms with E-state index in [2.05, 4.69) is 43.8 Å². The predicted molar refractivity (Wildman–Crippen MR) is 88.4 cm³/mol. The minimum atomic E-state index is -0.0188. The molecule has 0 aliphatic heterocycles. The van der Waals surface area contributed by atoms with E-state index in [-0.39, 0.29) is 5.60 Å². The highest BCUT2D eigenvalue weighted by molar-refractivity contribution is 8.00. The highest BCUT2D eigenvalue weighted by atomic mass is 32.2. The highest BCUT2D eigenvalue weighted by Gasteiger charge is 2.42. The van der Waals surface area contributed by atoms with Gasteiger partial charge in [0.05, 0.1) is 5.60 Å². The van der Waals surface area contributed by atoms with Crippen LogP contribution in [-0.2, 0) is 4.74 Å². The van der Waals surface area contributed by atoms with Crippen LogP contribution in [0.1, 0.15) is 31.2 Å². The van der Waals surface area contributed by atoms with Crippen LogP contribution in [0.5, 0.6) is 0 Å². The van der Waals surface area contributed by atoms with Crippen molar-refractivity contribution in [2.45, 2.75) is 48.4 Å². The maximum Gasteiger partial charge on any atom is 0.0834 e. The van der Waals surface area contributed by atoms with E-state index in [1.807, 2.05) is 31.0 Å². The second-order valence-electron chi connectivity index (χ2n) is 5.45. The number of aryl methyl sites for hydroxylation is 1. The molecule has 0 N–H and O–H groups in total. The molecule has 2 atom stereocenters. The fourth-order valence-electron chi connectivity index (χ4n) is 2.87. The van der Waals surface area contributed by atoms with Gasteiger partial charge in [0.15, 0.2) is 0 Å². The highest BCUT2D eigenvalue weighted by Crippen LogP contribution is 2.45. The van der Waals surface area contributed by atoms with E-state index < -0.39 is 0 Å². The van der Waals surface area contributed by atoms with Crippen LogP contribution in [0.3, 0.4) is 0 Å². The van der Waals surface area contributed by atoms with E-state index in [9.17, 15) is 0 Å². The quantitative estimate of drug-likeness (QED) is 0.669. The molecule has 108 valence electrons. The largest absolute Gasteiger partial charge is 0.377 e. The molecule has 1 saturated carbocycles. The van der Waals surface area contributed by atoms with Crippen LogP contribution in [0.15, 0.2) is 54.0 Å². The Kier molecular flexibility index (Phi) is 5.50. The van der Waals surface area contributed by atoms with E-state index in [0.717, 1.165) is 12.8 Å². The van der Waals surface area contributed by atoms with Crippen molar-refractivity contribution in [2.75, 3.05) is 7.11 Å². The van der Waals surface area contributed by atoms with Crippen molar-refractivity contribution in [1.82, 2.24) is 0 Å². The van der Waals surface area contributed by atoms with Gasteiger partial charge in [-0.15, -0.1) is 11.8 Å². The van der Waals surface area contributed by atoms with Crippen LogP contribution in [-0.4, -0.2) is 18.0 Å². The minimum Gasteiger partial charge on any atom is -0.377 e. The summed E-state index contributed by atoms with van der Waals surface area (Å²) in [6.07, 6.45) is 10.6. The van der Waals surface area contributed by atoms with Crippen LogP contribution < -0.4 is 0 Å². The maximum absolute atomic E-state index is 5.95. The van der Waals surface area contributed by atoms with Gasteiger partial charge in [-0.2, -0.15) is 0 Å². The summed E-state index contributed by atoms with van der Waals surface area (Å²) in [4.78, 5) is 1.34. The van der Waals surface area contributed by atoms with Crippen LogP contribution in [0.25, 0.3) is 0 Å². The van der Waals surface area contributed by atoms with Crippen LogP contribution >= 0.6 is 11.8 Å². The molecule has 1 aliphatic rings. The summed E-state index contributed by atoms with van der Waals surface area (Å²) < 4.78 is 5.95. The SMILES string of the molecule is C=C/C=C/C[C@@]1(OC)CCC[C@@H]1Sc1ccc(C)cc1. The lowest BCUT2D eigenvalue weighted by molar-refractivity contribution is 0.00295. The van der Waals surface area contributed by atoms with Crippen LogP contribution in [0.2, 0.25) is 0 Å². The Bertz CT molecular complexity index is 463. The van der Waals surface area contributed by atoms with Crippen molar-refractivity contribution < 1.29 is 4.74 Å². The number of thioether (sulfide) groups is 1. The molecule has 1 aliphatic carbocycles. The molecule has 0 saturated heterocycles. The lowest BCUT2D eigenvalue weighted by Crippen LogP contribution is -2.37. The fraction of sp³-hybridized carbons (Fsp3) is 0.444. The van der Waals surface area contributed by atoms with Crippen molar-refractivity contribution >= 4 is 11.8 Å². The average molecular weight is 288 g/mol. The molecule has 1 aromatic rings. The van der Waals surface area contributed by atoms with E-state index >= 15 is 0 Å². The van der Waals surface area contributed by atoms with Gasteiger partial charge in [-0.3, -0.25) is 0 Å². The van der Waals surface area contributed by atoms with Crippen LogP contribution in [0, 0.1) is 6.92 Å². The summed E-state index contributed by atoms with van der Waals surface area (Å²) >= 11 is 1.96. The Morgan fingerprint density at radius 3 is 2.80 bits per heavy atom. The molecule has 0 bridgehead atoms. The Morgan fingerprint density at radius 2 is 2.15 bits per heavy atom.